The maximum Gasteiger partial charge on any atom is 0.182 e. The van der Waals surface area contributed by atoms with E-state index in [2.05, 4.69) is 144 Å². The summed E-state index contributed by atoms with van der Waals surface area (Å²) in [5.41, 5.74) is 10.4. The van der Waals surface area contributed by atoms with E-state index in [1.165, 1.54) is 32.7 Å². The van der Waals surface area contributed by atoms with Gasteiger partial charge in [-0.3, -0.25) is 4.98 Å². The zero-order chi connectivity index (χ0) is 35.1. The highest BCUT2D eigenvalue weighted by Crippen LogP contribution is 2.39. The predicted molar refractivity (Wildman–Crippen MR) is 217 cm³/mol. The Hall–Kier alpha value is -7.24. The Morgan fingerprint density at radius 1 is 0.358 bits per heavy atom. The van der Waals surface area contributed by atoms with Crippen molar-refractivity contribution in [2.24, 2.45) is 0 Å². The van der Waals surface area contributed by atoms with Crippen LogP contribution in [0.1, 0.15) is 0 Å². The molecule has 3 aromatic heterocycles. The van der Waals surface area contributed by atoms with Gasteiger partial charge in [-0.05, 0) is 57.3 Å². The van der Waals surface area contributed by atoms with Crippen LogP contribution in [-0.4, -0.2) is 24.5 Å². The van der Waals surface area contributed by atoms with Crippen molar-refractivity contribution >= 4 is 32.6 Å². The second kappa shape index (κ2) is 12.8. The first kappa shape index (κ1) is 30.6. The maximum absolute atomic E-state index is 5.01. The van der Waals surface area contributed by atoms with E-state index in [0.29, 0.717) is 23.2 Å². The smallest absolute Gasteiger partial charge is 0.182 e. The Labute approximate surface area is 306 Å². The highest BCUT2D eigenvalue weighted by atomic mass is 15.1. The van der Waals surface area contributed by atoms with Crippen molar-refractivity contribution in [3.05, 3.63) is 188 Å². The van der Waals surface area contributed by atoms with Gasteiger partial charge in [-0.1, -0.05) is 158 Å². The van der Waals surface area contributed by atoms with Crippen molar-refractivity contribution < 1.29 is 0 Å². The Balaban J connectivity index is 1.11. The summed E-state index contributed by atoms with van der Waals surface area (Å²) >= 11 is 0. The minimum absolute atomic E-state index is 0.520. The van der Waals surface area contributed by atoms with Crippen molar-refractivity contribution in [3.8, 4) is 62.2 Å². The van der Waals surface area contributed by atoms with Gasteiger partial charge in [0.05, 0.1) is 22.9 Å². The van der Waals surface area contributed by atoms with Crippen molar-refractivity contribution in [1.29, 1.82) is 0 Å². The second-order valence-corrected chi connectivity index (χ2v) is 13.1. The van der Waals surface area contributed by atoms with Gasteiger partial charge in [-0.15, -0.1) is 0 Å². The topological polar surface area (TPSA) is 56.5 Å². The fourth-order valence-corrected chi connectivity index (χ4v) is 7.30. The van der Waals surface area contributed by atoms with Gasteiger partial charge in [0.2, 0.25) is 0 Å². The summed E-state index contributed by atoms with van der Waals surface area (Å²) in [6.45, 7) is 0. The van der Waals surface area contributed by atoms with Crippen molar-refractivity contribution in [3.63, 3.8) is 0 Å². The van der Waals surface area contributed by atoms with E-state index in [1.807, 2.05) is 48.7 Å². The lowest BCUT2D eigenvalue weighted by Crippen LogP contribution is -2.02. The van der Waals surface area contributed by atoms with E-state index in [4.69, 9.17) is 19.9 Å². The number of aromatic nitrogens is 5. The number of fused-ring (bicyclic) bond motifs is 5. The number of benzene rings is 7. The number of pyridine rings is 1. The van der Waals surface area contributed by atoms with Crippen LogP contribution in [0.4, 0.5) is 0 Å². The van der Waals surface area contributed by atoms with Crippen LogP contribution in [0.25, 0.3) is 94.8 Å². The van der Waals surface area contributed by atoms with Crippen molar-refractivity contribution in [2.75, 3.05) is 0 Å². The molecule has 0 spiro atoms. The van der Waals surface area contributed by atoms with Crippen LogP contribution >= 0.6 is 0 Å². The zero-order valence-corrected chi connectivity index (χ0v) is 28.6. The third kappa shape index (κ3) is 5.52. The molecule has 0 aliphatic carbocycles. The molecular formula is C48H31N5. The first-order chi connectivity index (χ1) is 26.3. The summed E-state index contributed by atoms with van der Waals surface area (Å²) in [6.07, 6.45) is 1.93. The van der Waals surface area contributed by atoms with Gasteiger partial charge in [0.15, 0.2) is 17.5 Å². The molecule has 0 N–H and O–H groups in total. The van der Waals surface area contributed by atoms with Gasteiger partial charge in [0, 0.05) is 21.9 Å². The summed E-state index contributed by atoms with van der Waals surface area (Å²) in [5.74, 6) is 1.72. The quantitative estimate of drug-likeness (QED) is 0.176. The van der Waals surface area contributed by atoms with E-state index in [-0.39, 0.29) is 0 Å². The molecular weight excluding hydrogens is 647 g/mol. The van der Waals surface area contributed by atoms with E-state index in [0.717, 1.165) is 39.0 Å². The second-order valence-electron chi connectivity index (χ2n) is 13.1. The molecule has 0 aliphatic rings. The molecule has 0 fully saturated rings. The highest BCUT2D eigenvalue weighted by molar-refractivity contribution is 6.21. The van der Waals surface area contributed by atoms with E-state index in [9.17, 15) is 0 Å². The van der Waals surface area contributed by atoms with Crippen molar-refractivity contribution in [1.82, 2.24) is 24.5 Å². The van der Waals surface area contributed by atoms with E-state index >= 15 is 0 Å². The number of nitrogens with zero attached hydrogens (tertiary/aromatic N) is 5. The van der Waals surface area contributed by atoms with Crippen molar-refractivity contribution in [2.45, 2.75) is 0 Å². The van der Waals surface area contributed by atoms with Gasteiger partial charge in [0.1, 0.15) is 5.69 Å². The van der Waals surface area contributed by atoms with Crippen LogP contribution in [0.2, 0.25) is 0 Å². The van der Waals surface area contributed by atoms with Crippen LogP contribution < -0.4 is 0 Å². The van der Waals surface area contributed by atoms with Crippen LogP contribution in [0, 0.1) is 0 Å². The molecule has 0 radical (unpaired) electrons. The lowest BCUT2D eigenvalue weighted by atomic mass is 10.0. The maximum atomic E-state index is 5.01. The lowest BCUT2D eigenvalue weighted by molar-refractivity contribution is 1.05. The lowest BCUT2D eigenvalue weighted by Gasteiger charge is -2.11. The molecule has 0 aliphatic heterocycles. The summed E-state index contributed by atoms with van der Waals surface area (Å²) in [4.78, 5) is 19.9. The number of rotatable bonds is 6. The minimum Gasteiger partial charge on any atom is -0.308 e. The molecule has 10 aromatic rings. The molecule has 0 atom stereocenters. The van der Waals surface area contributed by atoms with Gasteiger partial charge in [-0.2, -0.15) is 0 Å². The average molecular weight is 678 g/mol. The SMILES string of the molecule is c1ccc(-c2ccc(-c3nc(-c4ccccc4)nc(-c4ccc(-n5c6cc(-c7ccccc7)ccc6c6c7ccccc7ccc65)cn4)n3)cc2)cc1. The summed E-state index contributed by atoms with van der Waals surface area (Å²) in [7, 11) is 0. The van der Waals surface area contributed by atoms with Gasteiger partial charge in [-0.25, -0.2) is 15.0 Å². The van der Waals surface area contributed by atoms with E-state index in [1.54, 1.807) is 0 Å². The fourth-order valence-electron chi connectivity index (χ4n) is 7.30. The largest absolute Gasteiger partial charge is 0.308 e. The standard InChI is InChI=1S/C48H31N5/c1-4-12-32(13-5-1)34-20-22-37(23-21-34)47-50-46(36-17-8-3-9-18-36)51-48(52-47)42-28-26-39(31-49-42)53-43-29-25-35-16-10-11-19-40(35)45(43)41-27-24-38(30-44(41)53)33-14-6-2-7-15-33/h1-31H. The Bertz CT molecular complexity index is 2900. The minimum atomic E-state index is 0.520. The molecule has 0 amide bonds. The third-order valence-corrected chi connectivity index (χ3v) is 9.92. The molecule has 5 heteroatoms. The molecule has 5 nitrogen and oxygen atoms in total. The monoisotopic (exact) mass is 677 g/mol. The molecule has 0 saturated carbocycles. The molecule has 0 bridgehead atoms. The summed E-state index contributed by atoms with van der Waals surface area (Å²) < 4.78 is 2.32. The van der Waals surface area contributed by atoms with Crippen LogP contribution in [-0.2, 0) is 0 Å². The predicted octanol–water partition coefficient (Wildman–Crippen LogP) is 11.9. The molecule has 0 saturated heterocycles. The zero-order valence-electron chi connectivity index (χ0n) is 28.6. The first-order valence-electron chi connectivity index (χ1n) is 17.7. The molecule has 10 rings (SSSR count). The average Bonchev–Trinajstić information content (AvgIpc) is 3.59. The van der Waals surface area contributed by atoms with Gasteiger partial charge in [0.25, 0.3) is 0 Å². The molecule has 3 heterocycles. The van der Waals surface area contributed by atoms with Crippen LogP contribution in [0.3, 0.4) is 0 Å². The number of hydrogen-bond donors (Lipinski definition) is 0. The van der Waals surface area contributed by atoms with Gasteiger partial charge >= 0.3 is 0 Å². The summed E-state index contributed by atoms with van der Waals surface area (Å²) in [6, 6.07) is 63.2. The van der Waals surface area contributed by atoms with E-state index < -0.39 is 0 Å². The highest BCUT2D eigenvalue weighted by Gasteiger charge is 2.18. The fraction of sp³-hybridized carbons (Fsp3) is 0. The number of hydrogen-bond acceptors (Lipinski definition) is 4. The molecule has 7 aromatic carbocycles. The molecule has 53 heavy (non-hydrogen) atoms. The van der Waals surface area contributed by atoms with Crippen LogP contribution in [0.5, 0.6) is 0 Å². The van der Waals surface area contributed by atoms with Gasteiger partial charge < -0.3 is 4.57 Å². The third-order valence-electron chi connectivity index (χ3n) is 9.92. The first-order valence-corrected chi connectivity index (χ1v) is 17.7. The normalized spacial score (nSPS) is 11.4. The molecule has 0 unspecified atom stereocenters. The summed E-state index contributed by atoms with van der Waals surface area (Å²) in [5, 5.41) is 4.88. The Morgan fingerprint density at radius 2 is 0.906 bits per heavy atom. The van der Waals surface area contributed by atoms with Crippen LogP contribution in [0.15, 0.2) is 188 Å². The Kier molecular flexibility index (Phi) is 7.40. The Morgan fingerprint density at radius 3 is 1.58 bits per heavy atom. The molecule has 248 valence electrons.